The standard InChI is InChI=1S/C11H15NO5S/c1-15-12-7-8-5-9-10(17-4-3-16-9)6-11(8)18(2,13)14/h5-6,12H,3-4,7H2,1-2H3. The van der Waals surface area contributed by atoms with E-state index in [0.717, 1.165) is 6.26 Å². The van der Waals surface area contributed by atoms with Crippen molar-refractivity contribution in [1.82, 2.24) is 5.48 Å². The van der Waals surface area contributed by atoms with Crippen LogP contribution in [0.2, 0.25) is 0 Å². The van der Waals surface area contributed by atoms with E-state index >= 15 is 0 Å². The Labute approximate surface area is 106 Å². The summed E-state index contributed by atoms with van der Waals surface area (Å²) >= 11 is 0. The fourth-order valence-corrected chi connectivity index (χ4v) is 2.67. The third-order valence-corrected chi connectivity index (χ3v) is 3.71. The van der Waals surface area contributed by atoms with Gasteiger partial charge >= 0.3 is 0 Å². The third-order valence-electron chi connectivity index (χ3n) is 2.53. The molecule has 0 saturated carbocycles. The lowest BCUT2D eigenvalue weighted by Crippen LogP contribution is -2.18. The van der Waals surface area contributed by atoms with Gasteiger partial charge in [0.15, 0.2) is 21.3 Å². The van der Waals surface area contributed by atoms with Crippen LogP contribution in [0.15, 0.2) is 17.0 Å². The molecule has 0 spiro atoms. The molecular weight excluding hydrogens is 258 g/mol. The SMILES string of the molecule is CONCc1cc2c(cc1S(C)(=O)=O)OCCO2. The molecule has 0 aromatic heterocycles. The van der Waals surface area contributed by atoms with E-state index in [-0.39, 0.29) is 11.4 Å². The van der Waals surface area contributed by atoms with Crippen molar-refractivity contribution < 1.29 is 22.7 Å². The normalized spacial score (nSPS) is 14.6. The lowest BCUT2D eigenvalue weighted by atomic mass is 10.2. The summed E-state index contributed by atoms with van der Waals surface area (Å²) in [6.45, 7) is 1.16. The van der Waals surface area contributed by atoms with E-state index in [1.807, 2.05) is 0 Å². The molecule has 100 valence electrons. The quantitative estimate of drug-likeness (QED) is 0.806. The van der Waals surface area contributed by atoms with Crippen molar-refractivity contribution >= 4 is 9.84 Å². The summed E-state index contributed by atoms with van der Waals surface area (Å²) in [7, 11) is -1.86. The molecule has 2 rings (SSSR count). The van der Waals surface area contributed by atoms with Gasteiger partial charge in [-0.3, -0.25) is 0 Å². The van der Waals surface area contributed by atoms with Gasteiger partial charge in [0.1, 0.15) is 13.2 Å². The number of fused-ring (bicyclic) bond motifs is 1. The first-order valence-corrected chi connectivity index (χ1v) is 7.30. The van der Waals surface area contributed by atoms with Gasteiger partial charge in [0.05, 0.1) is 12.0 Å². The molecule has 0 amide bonds. The Kier molecular flexibility index (Phi) is 3.74. The van der Waals surface area contributed by atoms with Crippen LogP contribution in [0.25, 0.3) is 0 Å². The molecule has 6 nitrogen and oxygen atoms in total. The van der Waals surface area contributed by atoms with Crippen molar-refractivity contribution in [2.45, 2.75) is 11.4 Å². The van der Waals surface area contributed by atoms with Gasteiger partial charge < -0.3 is 14.3 Å². The molecule has 0 unspecified atom stereocenters. The Morgan fingerprint density at radius 1 is 1.28 bits per heavy atom. The number of ether oxygens (including phenoxy) is 2. The highest BCUT2D eigenvalue weighted by Crippen LogP contribution is 2.35. The molecule has 0 saturated heterocycles. The number of sulfone groups is 1. The van der Waals surface area contributed by atoms with Crippen LogP contribution in [0, 0.1) is 0 Å². The third kappa shape index (κ3) is 2.74. The zero-order valence-corrected chi connectivity index (χ0v) is 11.0. The number of nitrogens with one attached hydrogen (secondary N) is 1. The maximum Gasteiger partial charge on any atom is 0.175 e. The van der Waals surface area contributed by atoms with Crippen molar-refractivity contribution in [1.29, 1.82) is 0 Å². The molecule has 0 radical (unpaired) electrons. The van der Waals surface area contributed by atoms with Crippen LogP contribution < -0.4 is 15.0 Å². The molecule has 7 heteroatoms. The molecule has 1 aliphatic heterocycles. The predicted molar refractivity (Wildman–Crippen MR) is 64.4 cm³/mol. The van der Waals surface area contributed by atoms with Crippen LogP contribution >= 0.6 is 0 Å². The summed E-state index contributed by atoms with van der Waals surface area (Å²) in [6.07, 6.45) is 1.16. The van der Waals surface area contributed by atoms with Gasteiger partial charge in [-0.2, -0.15) is 5.48 Å². The van der Waals surface area contributed by atoms with Gasteiger partial charge in [0, 0.05) is 18.9 Å². The van der Waals surface area contributed by atoms with E-state index in [0.29, 0.717) is 30.3 Å². The molecule has 0 bridgehead atoms. The second-order valence-electron chi connectivity index (χ2n) is 3.90. The maximum atomic E-state index is 11.7. The van der Waals surface area contributed by atoms with Crippen molar-refractivity contribution in [2.24, 2.45) is 0 Å². The zero-order valence-electron chi connectivity index (χ0n) is 10.2. The summed E-state index contributed by atoms with van der Waals surface area (Å²) < 4.78 is 34.3. The van der Waals surface area contributed by atoms with Gasteiger partial charge in [0.2, 0.25) is 0 Å². The summed E-state index contributed by atoms with van der Waals surface area (Å²) in [5.41, 5.74) is 3.21. The Hall–Kier alpha value is -1.31. The van der Waals surface area contributed by atoms with Gasteiger partial charge in [-0.15, -0.1) is 0 Å². The van der Waals surface area contributed by atoms with Crippen molar-refractivity contribution in [3.63, 3.8) is 0 Å². The first-order chi connectivity index (χ1) is 8.52. The van der Waals surface area contributed by atoms with Gasteiger partial charge in [-0.25, -0.2) is 8.42 Å². The highest BCUT2D eigenvalue weighted by atomic mass is 32.2. The molecule has 0 fully saturated rings. The fraction of sp³-hybridized carbons (Fsp3) is 0.455. The van der Waals surface area contributed by atoms with Crippen LogP contribution in [0.4, 0.5) is 0 Å². The Morgan fingerprint density at radius 2 is 1.89 bits per heavy atom. The smallest absolute Gasteiger partial charge is 0.175 e. The van der Waals surface area contributed by atoms with E-state index in [2.05, 4.69) is 5.48 Å². The van der Waals surface area contributed by atoms with Crippen LogP contribution in [0.3, 0.4) is 0 Å². The number of benzene rings is 1. The zero-order chi connectivity index (χ0) is 13.2. The topological polar surface area (TPSA) is 73.9 Å². The van der Waals surface area contributed by atoms with Gasteiger partial charge in [0.25, 0.3) is 0 Å². The number of hydroxylamine groups is 1. The Bertz CT molecular complexity index is 541. The molecule has 0 aliphatic carbocycles. The molecule has 1 aliphatic rings. The lowest BCUT2D eigenvalue weighted by molar-refractivity contribution is 0.0859. The largest absolute Gasteiger partial charge is 0.486 e. The average Bonchev–Trinajstić information content (AvgIpc) is 2.34. The molecule has 18 heavy (non-hydrogen) atoms. The monoisotopic (exact) mass is 273 g/mol. The first kappa shape index (κ1) is 13.1. The average molecular weight is 273 g/mol. The van der Waals surface area contributed by atoms with E-state index in [9.17, 15) is 8.42 Å². The number of hydrogen-bond donors (Lipinski definition) is 1. The Morgan fingerprint density at radius 3 is 2.44 bits per heavy atom. The minimum Gasteiger partial charge on any atom is -0.486 e. The first-order valence-electron chi connectivity index (χ1n) is 5.41. The van der Waals surface area contributed by atoms with Crippen LogP contribution in [-0.4, -0.2) is 35.0 Å². The van der Waals surface area contributed by atoms with Crippen LogP contribution in [0.1, 0.15) is 5.56 Å². The second-order valence-corrected chi connectivity index (χ2v) is 5.89. The second kappa shape index (κ2) is 5.13. The maximum absolute atomic E-state index is 11.7. The minimum atomic E-state index is -3.33. The predicted octanol–water partition coefficient (Wildman–Crippen LogP) is 0.512. The summed E-state index contributed by atoms with van der Waals surface area (Å²) in [6, 6.07) is 3.16. The molecular formula is C11H15NO5S. The molecule has 1 heterocycles. The molecule has 1 aromatic rings. The van der Waals surface area contributed by atoms with Crippen molar-refractivity contribution in [2.75, 3.05) is 26.6 Å². The number of rotatable bonds is 4. The van der Waals surface area contributed by atoms with Crippen LogP contribution in [0.5, 0.6) is 11.5 Å². The lowest BCUT2D eigenvalue weighted by Gasteiger charge is -2.20. The van der Waals surface area contributed by atoms with E-state index in [1.54, 1.807) is 6.07 Å². The fourth-order valence-electron chi connectivity index (χ4n) is 1.75. The molecule has 1 aromatic carbocycles. The molecule has 0 atom stereocenters. The van der Waals surface area contributed by atoms with Gasteiger partial charge in [-0.05, 0) is 11.6 Å². The van der Waals surface area contributed by atoms with Crippen LogP contribution in [-0.2, 0) is 21.2 Å². The van der Waals surface area contributed by atoms with Crippen molar-refractivity contribution in [3.05, 3.63) is 17.7 Å². The van der Waals surface area contributed by atoms with Gasteiger partial charge in [-0.1, -0.05) is 0 Å². The summed E-state index contributed by atoms with van der Waals surface area (Å²) in [4.78, 5) is 4.96. The van der Waals surface area contributed by atoms with E-state index in [1.165, 1.54) is 13.2 Å². The summed E-state index contributed by atoms with van der Waals surface area (Å²) in [5.74, 6) is 1.02. The van der Waals surface area contributed by atoms with E-state index < -0.39 is 9.84 Å². The van der Waals surface area contributed by atoms with Crippen molar-refractivity contribution in [3.8, 4) is 11.5 Å². The minimum absolute atomic E-state index is 0.219. The summed E-state index contributed by atoms with van der Waals surface area (Å²) in [5, 5.41) is 0. The number of hydrogen-bond acceptors (Lipinski definition) is 6. The Balaban J connectivity index is 2.47. The van der Waals surface area contributed by atoms with E-state index in [4.69, 9.17) is 14.3 Å². The molecule has 1 N–H and O–H groups in total. The highest BCUT2D eigenvalue weighted by molar-refractivity contribution is 7.90. The highest BCUT2D eigenvalue weighted by Gasteiger charge is 2.20.